The summed E-state index contributed by atoms with van der Waals surface area (Å²) in [5, 5.41) is 17.0. The largest absolute Gasteiger partial charge is 0.351 e. The number of fused-ring (bicyclic) bond motifs is 1. The zero-order chi connectivity index (χ0) is 27.6. The standard InChI is InChI=1S/C27H33N9O2S/c1-17-14-21(34-33-17)29-25-31-26(30-22-6-5-12-36(22)25)39-20-9-7-19(8-10-20)28-23(37)16-35-13-11-18(15-35)24(38)32-27(2,3)4/h5-10,12,14,18H,11,13,15-16H2,1-4H3,(H,28,37)(H,32,38)(H2,29,30,31,33,34). The minimum absolute atomic E-state index is 0.0535. The Morgan fingerprint density at radius 3 is 2.67 bits per heavy atom. The lowest BCUT2D eigenvalue weighted by Gasteiger charge is -2.23. The molecule has 3 aromatic heterocycles. The summed E-state index contributed by atoms with van der Waals surface area (Å²) in [4.78, 5) is 37.4. The summed E-state index contributed by atoms with van der Waals surface area (Å²) in [6.07, 6.45) is 2.66. The van der Waals surface area contributed by atoms with Gasteiger partial charge < -0.3 is 16.0 Å². The second-order valence-corrected chi connectivity index (χ2v) is 11.8. The highest BCUT2D eigenvalue weighted by Gasteiger charge is 2.31. The molecular weight excluding hydrogens is 514 g/mol. The van der Waals surface area contributed by atoms with Crippen LogP contribution < -0.4 is 16.0 Å². The number of carbonyl (C=O) groups excluding carboxylic acids is 2. The highest BCUT2D eigenvalue weighted by molar-refractivity contribution is 7.99. The van der Waals surface area contributed by atoms with Gasteiger partial charge in [0.15, 0.2) is 11.0 Å². The van der Waals surface area contributed by atoms with Crippen LogP contribution in [-0.2, 0) is 9.59 Å². The summed E-state index contributed by atoms with van der Waals surface area (Å²) in [5.41, 5.74) is 2.17. The highest BCUT2D eigenvalue weighted by Crippen LogP contribution is 2.28. The Hall–Kier alpha value is -3.90. The third-order valence-corrected chi connectivity index (χ3v) is 7.04. The van der Waals surface area contributed by atoms with Crippen molar-refractivity contribution in [3.63, 3.8) is 0 Å². The van der Waals surface area contributed by atoms with Crippen LogP contribution in [0, 0.1) is 12.8 Å². The van der Waals surface area contributed by atoms with Crippen molar-refractivity contribution in [2.24, 2.45) is 5.92 Å². The van der Waals surface area contributed by atoms with E-state index in [0.717, 1.165) is 29.2 Å². The predicted octanol–water partition coefficient (Wildman–Crippen LogP) is 3.83. The molecule has 1 saturated heterocycles. The number of anilines is 3. The van der Waals surface area contributed by atoms with E-state index >= 15 is 0 Å². The number of rotatable bonds is 8. The summed E-state index contributed by atoms with van der Waals surface area (Å²) < 4.78 is 1.87. The number of nitrogens with one attached hydrogen (secondary N) is 4. The molecule has 1 unspecified atom stereocenters. The minimum Gasteiger partial charge on any atom is -0.351 e. The first-order valence-electron chi connectivity index (χ1n) is 12.9. The molecule has 1 fully saturated rings. The summed E-state index contributed by atoms with van der Waals surface area (Å²) in [6, 6.07) is 13.3. The van der Waals surface area contributed by atoms with Crippen LogP contribution in [0.1, 0.15) is 32.9 Å². The molecule has 1 aromatic carbocycles. The zero-order valence-corrected chi connectivity index (χ0v) is 23.3. The lowest BCUT2D eigenvalue weighted by Crippen LogP contribution is -2.44. The molecule has 4 heterocycles. The minimum atomic E-state index is -0.258. The second-order valence-electron chi connectivity index (χ2n) is 10.8. The van der Waals surface area contributed by atoms with E-state index in [1.54, 1.807) is 0 Å². The number of carbonyl (C=O) groups is 2. The number of H-pyrrole nitrogens is 1. The van der Waals surface area contributed by atoms with Crippen molar-refractivity contribution in [1.82, 2.24) is 34.8 Å². The van der Waals surface area contributed by atoms with Crippen LogP contribution >= 0.6 is 11.8 Å². The molecule has 0 radical (unpaired) electrons. The Labute approximate surface area is 231 Å². The second kappa shape index (κ2) is 11.1. The normalized spacial score (nSPS) is 15.9. The predicted molar refractivity (Wildman–Crippen MR) is 151 cm³/mol. The topological polar surface area (TPSA) is 132 Å². The van der Waals surface area contributed by atoms with Crippen molar-refractivity contribution in [2.45, 2.75) is 49.7 Å². The number of aryl methyl sites for hydroxylation is 1. The van der Waals surface area contributed by atoms with Gasteiger partial charge in [-0.2, -0.15) is 10.1 Å². The van der Waals surface area contributed by atoms with E-state index in [-0.39, 0.29) is 29.8 Å². The molecule has 12 heteroatoms. The average Bonchev–Trinajstić information content (AvgIpc) is 3.61. The first-order chi connectivity index (χ1) is 18.6. The number of likely N-dealkylation sites (tertiary alicyclic amines) is 1. The van der Waals surface area contributed by atoms with Crippen LogP contribution in [0.2, 0.25) is 0 Å². The van der Waals surface area contributed by atoms with Crippen LogP contribution in [0.4, 0.5) is 17.5 Å². The third kappa shape index (κ3) is 6.95. The smallest absolute Gasteiger partial charge is 0.238 e. The molecule has 1 atom stereocenters. The SMILES string of the molecule is Cc1cc(Nc2nc(Sc3ccc(NC(=O)CN4CCC(C(=O)NC(C)(C)C)C4)cc3)nc3cccn23)n[nH]1. The van der Waals surface area contributed by atoms with E-state index in [1.807, 2.05) is 85.7 Å². The number of amides is 2. The van der Waals surface area contributed by atoms with E-state index in [9.17, 15) is 9.59 Å². The van der Waals surface area contributed by atoms with Gasteiger partial charge in [0.05, 0.1) is 12.5 Å². The van der Waals surface area contributed by atoms with Crippen LogP contribution in [0.15, 0.2) is 58.7 Å². The van der Waals surface area contributed by atoms with E-state index in [0.29, 0.717) is 29.2 Å². The summed E-state index contributed by atoms with van der Waals surface area (Å²) >= 11 is 1.43. The number of hydrogen-bond acceptors (Lipinski definition) is 8. The Morgan fingerprint density at radius 2 is 1.95 bits per heavy atom. The number of benzene rings is 1. The molecule has 0 spiro atoms. The summed E-state index contributed by atoms with van der Waals surface area (Å²) in [7, 11) is 0. The van der Waals surface area contributed by atoms with Gasteiger partial charge >= 0.3 is 0 Å². The Balaban J connectivity index is 1.17. The van der Waals surface area contributed by atoms with Crippen molar-refractivity contribution >= 4 is 46.7 Å². The Morgan fingerprint density at radius 1 is 1.15 bits per heavy atom. The van der Waals surface area contributed by atoms with Gasteiger partial charge in [-0.05, 0) is 88.8 Å². The molecule has 1 aliphatic heterocycles. The Kier molecular flexibility index (Phi) is 7.58. The van der Waals surface area contributed by atoms with Crippen LogP contribution in [-0.4, -0.2) is 66.5 Å². The molecule has 0 saturated carbocycles. The lowest BCUT2D eigenvalue weighted by molar-refractivity contribution is -0.126. The summed E-state index contributed by atoms with van der Waals surface area (Å²) in [6.45, 7) is 9.43. The molecule has 0 aliphatic carbocycles. The Bertz CT molecular complexity index is 1470. The molecular formula is C27H33N9O2S. The van der Waals surface area contributed by atoms with Gasteiger partial charge in [-0.1, -0.05) is 0 Å². The quantitative estimate of drug-likeness (QED) is 0.262. The monoisotopic (exact) mass is 547 g/mol. The van der Waals surface area contributed by atoms with Gasteiger partial charge in [-0.3, -0.25) is 24.0 Å². The zero-order valence-electron chi connectivity index (χ0n) is 22.5. The molecule has 204 valence electrons. The van der Waals surface area contributed by atoms with Crippen molar-refractivity contribution in [1.29, 1.82) is 0 Å². The van der Waals surface area contributed by atoms with E-state index in [2.05, 4.69) is 36.1 Å². The van der Waals surface area contributed by atoms with Gasteiger partial charge in [0.1, 0.15) is 5.65 Å². The van der Waals surface area contributed by atoms with Crippen molar-refractivity contribution in [3.8, 4) is 0 Å². The van der Waals surface area contributed by atoms with Crippen LogP contribution in [0.5, 0.6) is 0 Å². The molecule has 11 nitrogen and oxygen atoms in total. The van der Waals surface area contributed by atoms with E-state index in [1.165, 1.54) is 11.8 Å². The first-order valence-corrected chi connectivity index (χ1v) is 13.7. The van der Waals surface area contributed by atoms with Crippen molar-refractivity contribution in [3.05, 3.63) is 54.4 Å². The van der Waals surface area contributed by atoms with Gasteiger partial charge in [-0.25, -0.2) is 4.98 Å². The number of aromatic amines is 1. The number of nitrogens with zero attached hydrogens (tertiary/aromatic N) is 5. The fourth-order valence-corrected chi connectivity index (χ4v) is 5.17. The summed E-state index contributed by atoms with van der Waals surface area (Å²) in [5.74, 6) is 1.16. The maximum Gasteiger partial charge on any atom is 0.238 e. The van der Waals surface area contributed by atoms with Gasteiger partial charge in [0.25, 0.3) is 0 Å². The number of aromatic nitrogens is 5. The lowest BCUT2D eigenvalue weighted by atomic mass is 10.0. The van der Waals surface area contributed by atoms with Gasteiger partial charge in [0.2, 0.25) is 17.8 Å². The van der Waals surface area contributed by atoms with E-state index in [4.69, 9.17) is 0 Å². The van der Waals surface area contributed by atoms with E-state index < -0.39 is 0 Å². The molecule has 0 bridgehead atoms. The average molecular weight is 548 g/mol. The highest BCUT2D eigenvalue weighted by atomic mass is 32.2. The van der Waals surface area contributed by atoms with Crippen LogP contribution in [0.25, 0.3) is 5.65 Å². The van der Waals surface area contributed by atoms with Crippen molar-refractivity contribution in [2.75, 3.05) is 30.3 Å². The van der Waals surface area contributed by atoms with Crippen molar-refractivity contribution < 1.29 is 9.59 Å². The molecule has 39 heavy (non-hydrogen) atoms. The first kappa shape index (κ1) is 26.7. The number of hydrogen-bond donors (Lipinski definition) is 4. The maximum absolute atomic E-state index is 12.6. The molecule has 4 aromatic rings. The third-order valence-electron chi connectivity index (χ3n) is 6.17. The fraction of sp³-hybridized carbons (Fsp3) is 0.370. The van der Waals surface area contributed by atoms with Crippen LogP contribution in [0.3, 0.4) is 0 Å². The molecule has 4 N–H and O–H groups in total. The maximum atomic E-state index is 12.6. The molecule has 1 aliphatic rings. The molecule has 2 amide bonds. The van der Waals surface area contributed by atoms with Gasteiger partial charge in [0, 0.05) is 40.6 Å². The van der Waals surface area contributed by atoms with Gasteiger partial charge in [-0.15, -0.1) is 0 Å². The molecule has 5 rings (SSSR count). The fourth-order valence-electron chi connectivity index (χ4n) is 4.42.